The van der Waals surface area contributed by atoms with E-state index in [9.17, 15) is 4.79 Å². The summed E-state index contributed by atoms with van der Waals surface area (Å²) in [4.78, 5) is 14.8. The van der Waals surface area contributed by atoms with Crippen LogP contribution < -0.4 is 5.32 Å². The molecule has 108 valence electrons. The summed E-state index contributed by atoms with van der Waals surface area (Å²) in [5.74, 6) is 0.866. The molecule has 20 heavy (non-hydrogen) atoms. The van der Waals surface area contributed by atoms with Gasteiger partial charge in [0.05, 0.1) is 17.1 Å². The summed E-state index contributed by atoms with van der Waals surface area (Å²) in [6.07, 6.45) is 2.31. The molecule has 4 nitrogen and oxygen atoms in total. The van der Waals surface area contributed by atoms with Crippen molar-refractivity contribution in [2.24, 2.45) is 0 Å². The lowest BCUT2D eigenvalue weighted by Gasteiger charge is -2.20. The summed E-state index contributed by atoms with van der Waals surface area (Å²) in [7, 11) is 1.77. The second-order valence-corrected chi connectivity index (χ2v) is 6.50. The monoisotopic (exact) mass is 312 g/mol. The molecule has 1 unspecified atom stereocenters. The maximum atomic E-state index is 12.0. The summed E-state index contributed by atoms with van der Waals surface area (Å²) in [5, 5.41) is 2.94. The lowest BCUT2D eigenvalue weighted by molar-refractivity contribution is 0.203. The van der Waals surface area contributed by atoms with Gasteiger partial charge < -0.3 is 14.6 Å². The van der Waals surface area contributed by atoms with E-state index in [2.05, 4.69) is 5.32 Å². The van der Waals surface area contributed by atoms with Gasteiger partial charge in [0.15, 0.2) is 0 Å². The molecule has 2 amide bonds. The second-order valence-electron chi connectivity index (χ2n) is 4.70. The molecule has 0 aliphatic rings. The van der Waals surface area contributed by atoms with Gasteiger partial charge in [-0.25, -0.2) is 4.79 Å². The topological polar surface area (TPSA) is 45.5 Å². The molecule has 2 aromatic rings. The zero-order valence-electron chi connectivity index (χ0n) is 11.4. The van der Waals surface area contributed by atoms with Gasteiger partial charge >= 0.3 is 6.03 Å². The number of rotatable bonds is 5. The molecule has 1 N–H and O–H groups in total. The molecule has 0 aliphatic heterocycles. The fourth-order valence-electron chi connectivity index (χ4n) is 1.84. The van der Waals surface area contributed by atoms with Crippen LogP contribution in [0.3, 0.4) is 0 Å². The highest BCUT2D eigenvalue weighted by Crippen LogP contribution is 2.22. The normalized spacial score (nSPS) is 12.2. The van der Waals surface area contributed by atoms with Crippen LogP contribution in [0.5, 0.6) is 0 Å². The van der Waals surface area contributed by atoms with Crippen LogP contribution in [0.2, 0.25) is 4.34 Å². The van der Waals surface area contributed by atoms with E-state index in [1.54, 1.807) is 18.2 Å². The molecule has 0 aromatic carbocycles. The van der Waals surface area contributed by atoms with Crippen LogP contribution in [-0.4, -0.2) is 24.0 Å². The number of hydrogen-bond acceptors (Lipinski definition) is 3. The van der Waals surface area contributed by atoms with E-state index in [1.807, 2.05) is 31.2 Å². The molecule has 2 rings (SSSR count). The Kier molecular flexibility index (Phi) is 5.09. The highest BCUT2D eigenvalue weighted by atomic mass is 35.5. The van der Waals surface area contributed by atoms with Gasteiger partial charge in [-0.15, -0.1) is 11.3 Å². The van der Waals surface area contributed by atoms with Crippen LogP contribution in [0, 0.1) is 0 Å². The summed E-state index contributed by atoms with van der Waals surface area (Å²) in [6, 6.07) is 7.43. The molecule has 0 spiro atoms. The Morgan fingerprint density at radius 1 is 1.50 bits per heavy atom. The van der Waals surface area contributed by atoms with Gasteiger partial charge in [0.2, 0.25) is 0 Å². The number of carbonyl (C=O) groups is 1. The Labute approximate surface area is 127 Å². The maximum Gasteiger partial charge on any atom is 0.317 e. The maximum absolute atomic E-state index is 12.0. The van der Waals surface area contributed by atoms with Crippen molar-refractivity contribution in [3.63, 3.8) is 0 Å². The Morgan fingerprint density at radius 3 is 2.90 bits per heavy atom. The SMILES string of the molecule is CC(Cc1ccco1)NC(=O)N(C)Cc1ccc(Cl)s1. The van der Waals surface area contributed by atoms with Crippen molar-refractivity contribution >= 4 is 29.0 Å². The molecule has 0 aliphatic carbocycles. The number of thiophene rings is 1. The number of amides is 2. The largest absolute Gasteiger partial charge is 0.469 e. The fraction of sp³-hybridized carbons (Fsp3) is 0.357. The van der Waals surface area contributed by atoms with Gasteiger partial charge in [-0.1, -0.05) is 11.6 Å². The quantitative estimate of drug-likeness (QED) is 0.913. The number of furan rings is 1. The molecular formula is C14H17ClN2O2S. The molecular weight excluding hydrogens is 296 g/mol. The predicted octanol–water partition coefficient (Wildman–Crippen LogP) is 3.77. The third kappa shape index (κ3) is 4.28. The molecule has 0 radical (unpaired) electrons. The number of urea groups is 1. The van der Waals surface area contributed by atoms with E-state index in [4.69, 9.17) is 16.0 Å². The van der Waals surface area contributed by atoms with E-state index >= 15 is 0 Å². The summed E-state index contributed by atoms with van der Waals surface area (Å²) in [5.41, 5.74) is 0. The Morgan fingerprint density at radius 2 is 2.30 bits per heavy atom. The number of nitrogens with one attached hydrogen (secondary N) is 1. The van der Waals surface area contributed by atoms with Gasteiger partial charge in [0.1, 0.15) is 5.76 Å². The Hall–Kier alpha value is -1.46. The van der Waals surface area contributed by atoms with Gasteiger partial charge in [0, 0.05) is 24.4 Å². The zero-order chi connectivity index (χ0) is 14.5. The predicted molar refractivity (Wildman–Crippen MR) is 81.2 cm³/mol. The average Bonchev–Trinajstić information content (AvgIpc) is 3.01. The van der Waals surface area contributed by atoms with Crippen LogP contribution >= 0.6 is 22.9 Å². The van der Waals surface area contributed by atoms with Crippen molar-refractivity contribution in [1.29, 1.82) is 0 Å². The lowest BCUT2D eigenvalue weighted by atomic mass is 10.2. The molecule has 2 heterocycles. The average molecular weight is 313 g/mol. The molecule has 0 fully saturated rings. The zero-order valence-corrected chi connectivity index (χ0v) is 13.0. The van der Waals surface area contributed by atoms with Crippen molar-refractivity contribution in [2.75, 3.05) is 7.05 Å². The smallest absolute Gasteiger partial charge is 0.317 e. The van der Waals surface area contributed by atoms with Crippen molar-refractivity contribution in [2.45, 2.75) is 25.9 Å². The number of carbonyl (C=O) groups excluding carboxylic acids is 1. The third-order valence-electron chi connectivity index (χ3n) is 2.83. The highest BCUT2D eigenvalue weighted by Gasteiger charge is 2.14. The molecule has 1 atom stereocenters. The van der Waals surface area contributed by atoms with E-state index < -0.39 is 0 Å². The van der Waals surface area contributed by atoms with Crippen LogP contribution in [-0.2, 0) is 13.0 Å². The van der Waals surface area contributed by atoms with E-state index in [0.717, 1.165) is 15.0 Å². The van der Waals surface area contributed by atoms with Gasteiger partial charge in [-0.3, -0.25) is 0 Å². The number of hydrogen-bond donors (Lipinski definition) is 1. The minimum Gasteiger partial charge on any atom is -0.469 e. The van der Waals surface area contributed by atoms with Crippen LogP contribution in [0.4, 0.5) is 4.79 Å². The van der Waals surface area contributed by atoms with Crippen molar-refractivity contribution in [3.8, 4) is 0 Å². The van der Waals surface area contributed by atoms with Gasteiger partial charge in [-0.05, 0) is 31.2 Å². The molecule has 2 aromatic heterocycles. The number of nitrogens with zero attached hydrogens (tertiary/aromatic N) is 1. The van der Waals surface area contributed by atoms with Crippen molar-refractivity contribution < 1.29 is 9.21 Å². The molecule has 0 saturated carbocycles. The van der Waals surface area contributed by atoms with E-state index in [1.165, 1.54) is 11.3 Å². The molecule has 0 saturated heterocycles. The fourth-order valence-corrected chi connectivity index (χ4v) is 2.99. The van der Waals surface area contributed by atoms with Crippen molar-refractivity contribution in [3.05, 3.63) is 45.5 Å². The first-order chi connectivity index (χ1) is 9.54. The molecule has 6 heteroatoms. The first-order valence-electron chi connectivity index (χ1n) is 6.33. The standard InChI is InChI=1S/C14H17ClN2O2S/c1-10(8-11-4-3-7-19-11)16-14(18)17(2)9-12-5-6-13(15)20-12/h3-7,10H,8-9H2,1-2H3,(H,16,18). The van der Waals surface area contributed by atoms with Crippen LogP contribution in [0.15, 0.2) is 34.9 Å². The van der Waals surface area contributed by atoms with Crippen LogP contribution in [0.1, 0.15) is 17.6 Å². The Bertz CT molecular complexity index is 553. The first kappa shape index (κ1) is 14.9. The van der Waals surface area contributed by atoms with Crippen LogP contribution in [0.25, 0.3) is 0 Å². The van der Waals surface area contributed by atoms with Gasteiger partial charge in [0.25, 0.3) is 0 Å². The van der Waals surface area contributed by atoms with E-state index in [0.29, 0.717) is 13.0 Å². The van der Waals surface area contributed by atoms with E-state index in [-0.39, 0.29) is 12.1 Å². The summed E-state index contributed by atoms with van der Waals surface area (Å²) in [6.45, 7) is 2.51. The number of halogens is 1. The third-order valence-corrected chi connectivity index (χ3v) is 4.04. The lowest BCUT2D eigenvalue weighted by Crippen LogP contribution is -2.42. The first-order valence-corrected chi connectivity index (χ1v) is 7.52. The Balaban J connectivity index is 1.81. The van der Waals surface area contributed by atoms with Crippen molar-refractivity contribution in [1.82, 2.24) is 10.2 Å². The summed E-state index contributed by atoms with van der Waals surface area (Å²) < 4.78 is 6.00. The second kappa shape index (κ2) is 6.81. The van der Waals surface area contributed by atoms with Gasteiger partial charge in [-0.2, -0.15) is 0 Å². The summed E-state index contributed by atoms with van der Waals surface area (Å²) >= 11 is 7.36. The minimum absolute atomic E-state index is 0.0167. The molecule has 0 bridgehead atoms. The highest BCUT2D eigenvalue weighted by molar-refractivity contribution is 7.16. The minimum atomic E-state index is -0.103.